The van der Waals surface area contributed by atoms with Crippen molar-refractivity contribution in [2.45, 2.75) is 39.1 Å². The van der Waals surface area contributed by atoms with Gasteiger partial charge < -0.3 is 14.3 Å². The third kappa shape index (κ3) is 4.53. The van der Waals surface area contributed by atoms with Crippen LogP contribution < -0.4 is 9.64 Å². The predicted molar refractivity (Wildman–Crippen MR) is 122 cm³/mol. The molecule has 0 saturated carbocycles. The minimum absolute atomic E-state index is 0.0788. The maximum Gasteiger partial charge on any atom is 0.416 e. The van der Waals surface area contributed by atoms with Crippen LogP contribution in [0, 0.1) is 6.92 Å². The molecule has 4 rings (SSSR count). The predicted octanol–water partition coefficient (Wildman–Crippen LogP) is 6.02. The van der Waals surface area contributed by atoms with Crippen molar-refractivity contribution in [3.63, 3.8) is 0 Å². The van der Waals surface area contributed by atoms with Crippen molar-refractivity contribution in [3.05, 3.63) is 88.9 Å². The van der Waals surface area contributed by atoms with Crippen molar-refractivity contribution in [1.29, 1.82) is 0 Å². The Morgan fingerprint density at radius 2 is 1.83 bits per heavy atom. The summed E-state index contributed by atoms with van der Waals surface area (Å²) in [6.07, 6.45) is -3.42. The van der Waals surface area contributed by atoms with Gasteiger partial charge in [-0.3, -0.25) is 14.5 Å². The van der Waals surface area contributed by atoms with E-state index in [1.165, 1.54) is 30.5 Å². The lowest BCUT2D eigenvalue weighted by Crippen LogP contribution is -2.29. The first-order valence-corrected chi connectivity index (χ1v) is 10.8. The van der Waals surface area contributed by atoms with Gasteiger partial charge >= 0.3 is 6.18 Å². The molecular formula is C26H22F3NO5. The number of alkyl halides is 3. The van der Waals surface area contributed by atoms with Crippen LogP contribution in [-0.2, 0) is 15.8 Å². The Labute approximate surface area is 199 Å². The molecule has 6 nitrogen and oxygen atoms in total. The Morgan fingerprint density at radius 1 is 1.09 bits per heavy atom. The fourth-order valence-corrected chi connectivity index (χ4v) is 3.99. The summed E-state index contributed by atoms with van der Waals surface area (Å²) in [6, 6.07) is 10.6. The minimum Gasteiger partial charge on any atom is -0.507 e. The number of anilines is 1. The van der Waals surface area contributed by atoms with Crippen LogP contribution in [0.25, 0.3) is 5.76 Å². The maximum atomic E-state index is 13.3. The Hall–Kier alpha value is -4.01. The number of ketones is 1. The van der Waals surface area contributed by atoms with Crippen LogP contribution in [0.1, 0.15) is 42.3 Å². The largest absolute Gasteiger partial charge is 0.507 e. The molecule has 0 bridgehead atoms. The van der Waals surface area contributed by atoms with Gasteiger partial charge in [-0.25, -0.2) is 0 Å². The minimum atomic E-state index is -4.65. The zero-order valence-corrected chi connectivity index (χ0v) is 19.1. The van der Waals surface area contributed by atoms with Crippen molar-refractivity contribution < 1.29 is 37.0 Å². The number of nitrogens with zero attached hydrogens (tertiary/aromatic N) is 1. The van der Waals surface area contributed by atoms with Gasteiger partial charge in [0.25, 0.3) is 11.7 Å². The maximum absolute atomic E-state index is 13.3. The van der Waals surface area contributed by atoms with Gasteiger partial charge in [0.2, 0.25) is 0 Å². The third-order valence-corrected chi connectivity index (χ3v) is 5.52. The molecule has 182 valence electrons. The van der Waals surface area contributed by atoms with Gasteiger partial charge in [0.05, 0.1) is 23.5 Å². The van der Waals surface area contributed by atoms with E-state index in [0.717, 1.165) is 23.1 Å². The summed E-state index contributed by atoms with van der Waals surface area (Å²) in [5.74, 6) is -1.90. The molecule has 0 spiro atoms. The molecule has 1 amide bonds. The number of aliphatic hydroxyl groups excluding tert-OH is 1. The number of amides is 1. The number of hydrogen-bond acceptors (Lipinski definition) is 5. The number of carbonyl (C=O) groups excluding carboxylic acids is 2. The molecule has 1 atom stereocenters. The molecular weight excluding hydrogens is 463 g/mol. The summed E-state index contributed by atoms with van der Waals surface area (Å²) >= 11 is 0. The Bertz CT molecular complexity index is 1310. The Kier molecular flexibility index (Phi) is 6.19. The monoisotopic (exact) mass is 485 g/mol. The summed E-state index contributed by atoms with van der Waals surface area (Å²) in [6.45, 7) is 5.50. The fraction of sp³-hybridized carbons (Fsp3) is 0.231. The number of rotatable bonds is 5. The zero-order valence-electron chi connectivity index (χ0n) is 19.1. The van der Waals surface area contributed by atoms with Gasteiger partial charge in [-0.1, -0.05) is 6.07 Å². The molecule has 1 saturated heterocycles. The van der Waals surface area contributed by atoms with Crippen LogP contribution in [0.2, 0.25) is 0 Å². The molecule has 3 aromatic rings. The fourth-order valence-electron chi connectivity index (χ4n) is 3.99. The summed E-state index contributed by atoms with van der Waals surface area (Å²) in [4.78, 5) is 27.0. The Balaban J connectivity index is 1.86. The van der Waals surface area contributed by atoms with Crippen molar-refractivity contribution >= 4 is 23.1 Å². The van der Waals surface area contributed by atoms with Gasteiger partial charge in [0.15, 0.2) is 0 Å². The first-order chi connectivity index (χ1) is 16.5. The second-order valence-electron chi connectivity index (χ2n) is 8.38. The van der Waals surface area contributed by atoms with Crippen molar-refractivity contribution in [2.24, 2.45) is 0 Å². The molecule has 0 aliphatic carbocycles. The average Bonchev–Trinajstić information content (AvgIpc) is 3.41. The van der Waals surface area contributed by atoms with E-state index < -0.39 is 35.2 Å². The van der Waals surface area contributed by atoms with E-state index in [4.69, 9.17) is 9.15 Å². The van der Waals surface area contributed by atoms with Crippen molar-refractivity contribution in [3.8, 4) is 5.75 Å². The average molecular weight is 485 g/mol. The molecule has 1 unspecified atom stereocenters. The molecule has 0 radical (unpaired) electrons. The zero-order chi connectivity index (χ0) is 25.5. The number of furan rings is 1. The summed E-state index contributed by atoms with van der Waals surface area (Å²) in [5.41, 5.74) is -0.494. The molecule has 2 heterocycles. The quantitative estimate of drug-likeness (QED) is 0.272. The molecule has 1 aromatic heterocycles. The molecule has 35 heavy (non-hydrogen) atoms. The number of halogens is 3. The molecule has 1 aliphatic rings. The van der Waals surface area contributed by atoms with Gasteiger partial charge in [-0.15, -0.1) is 0 Å². The normalized spacial score (nSPS) is 17.9. The van der Waals surface area contributed by atoms with Crippen LogP contribution in [0.15, 0.2) is 70.9 Å². The highest BCUT2D eigenvalue weighted by Crippen LogP contribution is 2.43. The number of carbonyl (C=O) groups is 2. The van der Waals surface area contributed by atoms with Crippen LogP contribution in [0.4, 0.5) is 18.9 Å². The lowest BCUT2D eigenvalue weighted by Gasteiger charge is -2.24. The van der Waals surface area contributed by atoms with E-state index in [9.17, 15) is 27.9 Å². The summed E-state index contributed by atoms with van der Waals surface area (Å²) < 4.78 is 51.1. The van der Waals surface area contributed by atoms with Gasteiger partial charge in [0.1, 0.15) is 23.3 Å². The molecule has 1 aliphatic heterocycles. The number of ether oxygens (including phenoxy) is 1. The molecule has 2 aromatic carbocycles. The van der Waals surface area contributed by atoms with Gasteiger partial charge in [-0.2, -0.15) is 13.2 Å². The summed E-state index contributed by atoms with van der Waals surface area (Å²) in [5, 5.41) is 11.1. The van der Waals surface area contributed by atoms with E-state index in [1.807, 2.05) is 13.8 Å². The van der Waals surface area contributed by atoms with Crippen molar-refractivity contribution in [1.82, 2.24) is 0 Å². The topological polar surface area (TPSA) is 80.0 Å². The Morgan fingerprint density at radius 3 is 2.43 bits per heavy atom. The second-order valence-corrected chi connectivity index (χ2v) is 8.38. The highest BCUT2D eigenvalue weighted by molar-refractivity contribution is 6.51. The molecule has 1 fully saturated rings. The van der Waals surface area contributed by atoms with E-state index in [0.29, 0.717) is 11.3 Å². The first-order valence-electron chi connectivity index (χ1n) is 10.8. The SMILES string of the molecule is Cc1cc(/C(O)=C2/C(=O)C(=O)N(c3cccc(C(F)(F)F)c3)C2c2ccco2)ccc1OC(C)C. The van der Waals surface area contributed by atoms with E-state index in [2.05, 4.69) is 0 Å². The number of benzene rings is 2. The first kappa shape index (κ1) is 24.1. The molecule has 1 N–H and O–H groups in total. The van der Waals surface area contributed by atoms with Crippen LogP contribution in [-0.4, -0.2) is 22.9 Å². The number of Topliss-reactive ketones (excluding diaryl/α,β-unsaturated/α-hetero) is 1. The van der Waals surface area contributed by atoms with Crippen LogP contribution in [0.3, 0.4) is 0 Å². The third-order valence-electron chi connectivity index (χ3n) is 5.52. The van der Waals surface area contributed by atoms with Crippen molar-refractivity contribution in [2.75, 3.05) is 4.90 Å². The standard InChI is InChI=1S/C26H22F3NO5/c1-14(2)35-19-10-9-16(12-15(19)3)23(31)21-22(20-8-5-11-34-20)30(25(33)24(21)32)18-7-4-6-17(13-18)26(27,28)29/h4-14,22,31H,1-3H3/b23-21-. The van der Waals surface area contributed by atoms with Crippen LogP contribution in [0.5, 0.6) is 5.75 Å². The lowest BCUT2D eigenvalue weighted by atomic mass is 9.98. The van der Waals surface area contributed by atoms with Gasteiger partial charge in [-0.05, 0) is 74.9 Å². The van der Waals surface area contributed by atoms with E-state index >= 15 is 0 Å². The van der Waals surface area contributed by atoms with Crippen LogP contribution >= 0.6 is 0 Å². The summed E-state index contributed by atoms with van der Waals surface area (Å²) in [7, 11) is 0. The number of hydrogen-bond donors (Lipinski definition) is 1. The second kappa shape index (κ2) is 8.98. The van der Waals surface area contributed by atoms with Gasteiger partial charge in [0, 0.05) is 11.3 Å². The number of aryl methyl sites for hydroxylation is 1. The molecule has 9 heteroatoms. The highest BCUT2D eigenvalue weighted by Gasteiger charge is 2.48. The number of aliphatic hydroxyl groups is 1. The lowest BCUT2D eigenvalue weighted by molar-refractivity contribution is -0.137. The van der Waals surface area contributed by atoms with E-state index in [-0.39, 0.29) is 28.7 Å². The van der Waals surface area contributed by atoms with E-state index in [1.54, 1.807) is 19.1 Å². The highest BCUT2D eigenvalue weighted by atomic mass is 19.4. The smallest absolute Gasteiger partial charge is 0.416 e.